The average molecular weight is 266 g/mol. The molecule has 1 heterocycles. The molecule has 2 heteroatoms. The van der Waals surface area contributed by atoms with Gasteiger partial charge in [0.05, 0.1) is 0 Å². The number of rotatable bonds is 3. The Hall–Kier alpha value is -1.80. The van der Waals surface area contributed by atoms with Gasteiger partial charge in [0.15, 0.2) is 0 Å². The lowest BCUT2D eigenvalue weighted by atomic mass is 10.0. The Bertz CT molecular complexity index is 524. The van der Waals surface area contributed by atoms with Crippen molar-refractivity contribution in [3.63, 3.8) is 0 Å². The number of hydrogen-bond donors (Lipinski definition) is 1. The molecular weight excluding hydrogens is 244 g/mol. The third-order valence-corrected chi connectivity index (χ3v) is 4.06. The Labute approximate surface area is 121 Å². The minimum atomic E-state index is 0.522. The van der Waals surface area contributed by atoms with Crippen LogP contribution in [0.5, 0.6) is 0 Å². The lowest BCUT2D eigenvalue weighted by Crippen LogP contribution is -2.56. The van der Waals surface area contributed by atoms with Crippen LogP contribution in [-0.2, 0) is 6.42 Å². The number of benzene rings is 2. The van der Waals surface area contributed by atoms with Crippen molar-refractivity contribution in [3.8, 4) is 0 Å². The highest BCUT2D eigenvalue weighted by Gasteiger charge is 2.24. The van der Waals surface area contributed by atoms with E-state index in [1.54, 1.807) is 0 Å². The summed E-state index contributed by atoms with van der Waals surface area (Å²) in [5.41, 5.74) is 2.74. The first-order valence-corrected chi connectivity index (χ1v) is 7.42. The van der Waals surface area contributed by atoms with Gasteiger partial charge in [-0.3, -0.25) is 0 Å². The molecule has 1 fully saturated rings. The first-order valence-electron chi connectivity index (χ1n) is 7.42. The van der Waals surface area contributed by atoms with Crippen LogP contribution in [-0.4, -0.2) is 25.2 Å². The molecule has 0 saturated carbocycles. The molecule has 3 rings (SSSR count). The molecule has 2 aromatic rings. The van der Waals surface area contributed by atoms with Crippen LogP contribution >= 0.6 is 0 Å². The molecule has 2 unspecified atom stereocenters. The fourth-order valence-electron chi connectivity index (χ4n) is 2.94. The number of anilines is 1. The fraction of sp³-hybridized carbons (Fsp3) is 0.333. The minimum absolute atomic E-state index is 0.522. The molecular formula is C18H22N2. The molecule has 0 aromatic heterocycles. The highest BCUT2D eigenvalue weighted by molar-refractivity contribution is 5.48. The second-order valence-corrected chi connectivity index (χ2v) is 5.63. The first-order chi connectivity index (χ1) is 9.83. The zero-order valence-electron chi connectivity index (χ0n) is 12.0. The van der Waals surface area contributed by atoms with Gasteiger partial charge in [-0.25, -0.2) is 0 Å². The standard InChI is InChI=1S/C18H22N2/c1-15-13-19-17(12-16-8-4-2-5-9-16)14-20(15)18-10-6-3-7-11-18/h2-11,15,17,19H,12-14H2,1H3. The molecule has 20 heavy (non-hydrogen) atoms. The summed E-state index contributed by atoms with van der Waals surface area (Å²) < 4.78 is 0. The maximum Gasteiger partial charge on any atom is 0.0387 e. The van der Waals surface area contributed by atoms with Gasteiger partial charge >= 0.3 is 0 Å². The predicted molar refractivity (Wildman–Crippen MR) is 85.2 cm³/mol. The molecule has 1 saturated heterocycles. The maximum absolute atomic E-state index is 3.68. The maximum atomic E-state index is 3.68. The van der Waals surface area contributed by atoms with Crippen LogP contribution in [0.2, 0.25) is 0 Å². The SMILES string of the molecule is CC1CNC(Cc2ccccc2)CN1c1ccccc1. The Morgan fingerprint density at radius 1 is 1.00 bits per heavy atom. The van der Waals surface area contributed by atoms with E-state index in [0.717, 1.165) is 19.5 Å². The molecule has 0 amide bonds. The highest BCUT2D eigenvalue weighted by atomic mass is 15.2. The summed E-state index contributed by atoms with van der Waals surface area (Å²) in [7, 11) is 0. The van der Waals surface area contributed by atoms with Gasteiger partial charge < -0.3 is 10.2 Å². The summed E-state index contributed by atoms with van der Waals surface area (Å²) in [6, 6.07) is 22.6. The van der Waals surface area contributed by atoms with Crippen molar-refractivity contribution in [1.82, 2.24) is 5.32 Å². The van der Waals surface area contributed by atoms with Crippen molar-refractivity contribution in [2.24, 2.45) is 0 Å². The van der Waals surface area contributed by atoms with Crippen molar-refractivity contribution < 1.29 is 0 Å². The number of hydrogen-bond acceptors (Lipinski definition) is 2. The summed E-state index contributed by atoms with van der Waals surface area (Å²) in [6.07, 6.45) is 1.09. The summed E-state index contributed by atoms with van der Waals surface area (Å²) in [4.78, 5) is 2.52. The molecule has 1 aliphatic rings. The Kier molecular flexibility index (Phi) is 4.03. The van der Waals surface area contributed by atoms with Crippen molar-refractivity contribution in [2.45, 2.75) is 25.4 Å². The lowest BCUT2D eigenvalue weighted by Gasteiger charge is -2.40. The topological polar surface area (TPSA) is 15.3 Å². The van der Waals surface area contributed by atoms with Crippen LogP contribution in [0.4, 0.5) is 5.69 Å². The lowest BCUT2D eigenvalue weighted by molar-refractivity contribution is 0.403. The molecule has 2 atom stereocenters. The highest BCUT2D eigenvalue weighted by Crippen LogP contribution is 2.20. The van der Waals surface area contributed by atoms with E-state index in [1.807, 2.05) is 0 Å². The molecule has 2 nitrogen and oxygen atoms in total. The van der Waals surface area contributed by atoms with Crippen LogP contribution in [0.15, 0.2) is 60.7 Å². The van der Waals surface area contributed by atoms with Gasteiger partial charge in [-0.15, -0.1) is 0 Å². The van der Waals surface area contributed by atoms with E-state index < -0.39 is 0 Å². The Balaban J connectivity index is 1.70. The van der Waals surface area contributed by atoms with Gasteiger partial charge in [0.1, 0.15) is 0 Å². The largest absolute Gasteiger partial charge is 0.366 e. The number of nitrogens with one attached hydrogen (secondary N) is 1. The predicted octanol–water partition coefficient (Wildman–Crippen LogP) is 3.10. The first kappa shape index (κ1) is 13.2. The van der Waals surface area contributed by atoms with E-state index in [1.165, 1.54) is 11.3 Å². The van der Waals surface area contributed by atoms with Gasteiger partial charge in [0.2, 0.25) is 0 Å². The van der Waals surface area contributed by atoms with Gasteiger partial charge in [-0.05, 0) is 31.0 Å². The summed E-state index contributed by atoms with van der Waals surface area (Å²) in [5, 5.41) is 3.68. The Morgan fingerprint density at radius 3 is 2.35 bits per heavy atom. The summed E-state index contributed by atoms with van der Waals surface area (Å²) in [5.74, 6) is 0. The average Bonchev–Trinajstić information content (AvgIpc) is 2.51. The Morgan fingerprint density at radius 2 is 1.65 bits per heavy atom. The van der Waals surface area contributed by atoms with Crippen molar-refractivity contribution in [3.05, 3.63) is 66.2 Å². The molecule has 0 aliphatic carbocycles. The molecule has 0 bridgehead atoms. The zero-order valence-corrected chi connectivity index (χ0v) is 12.0. The molecule has 1 aliphatic heterocycles. The zero-order chi connectivity index (χ0) is 13.8. The van der Waals surface area contributed by atoms with Crippen LogP contribution < -0.4 is 10.2 Å². The molecule has 0 spiro atoms. The van der Waals surface area contributed by atoms with E-state index in [-0.39, 0.29) is 0 Å². The normalized spacial score (nSPS) is 22.8. The summed E-state index contributed by atoms with van der Waals surface area (Å²) in [6.45, 7) is 4.41. The van der Waals surface area contributed by atoms with E-state index >= 15 is 0 Å². The van der Waals surface area contributed by atoms with Crippen molar-refractivity contribution >= 4 is 5.69 Å². The van der Waals surface area contributed by atoms with Crippen molar-refractivity contribution in [1.29, 1.82) is 0 Å². The van der Waals surface area contributed by atoms with Gasteiger partial charge in [0, 0.05) is 30.9 Å². The third kappa shape index (κ3) is 3.02. The van der Waals surface area contributed by atoms with E-state index in [0.29, 0.717) is 12.1 Å². The summed E-state index contributed by atoms with van der Waals surface area (Å²) >= 11 is 0. The van der Waals surface area contributed by atoms with Gasteiger partial charge in [-0.1, -0.05) is 48.5 Å². The second-order valence-electron chi connectivity index (χ2n) is 5.63. The monoisotopic (exact) mass is 266 g/mol. The third-order valence-electron chi connectivity index (χ3n) is 4.06. The number of nitrogens with zero attached hydrogens (tertiary/aromatic N) is 1. The smallest absolute Gasteiger partial charge is 0.0387 e. The number of piperazine rings is 1. The van der Waals surface area contributed by atoms with Gasteiger partial charge in [-0.2, -0.15) is 0 Å². The van der Waals surface area contributed by atoms with Gasteiger partial charge in [0.25, 0.3) is 0 Å². The minimum Gasteiger partial charge on any atom is -0.366 e. The molecule has 2 aromatic carbocycles. The van der Waals surface area contributed by atoms with Crippen LogP contribution in [0.1, 0.15) is 12.5 Å². The quantitative estimate of drug-likeness (QED) is 0.918. The van der Waals surface area contributed by atoms with Crippen LogP contribution in [0.3, 0.4) is 0 Å². The molecule has 1 N–H and O–H groups in total. The number of para-hydroxylation sites is 1. The second kappa shape index (κ2) is 6.10. The van der Waals surface area contributed by atoms with E-state index in [2.05, 4.69) is 77.8 Å². The van der Waals surface area contributed by atoms with E-state index in [4.69, 9.17) is 0 Å². The van der Waals surface area contributed by atoms with E-state index in [9.17, 15) is 0 Å². The molecule has 104 valence electrons. The fourth-order valence-corrected chi connectivity index (χ4v) is 2.94. The van der Waals surface area contributed by atoms with Crippen LogP contribution in [0, 0.1) is 0 Å². The van der Waals surface area contributed by atoms with Crippen LogP contribution in [0.25, 0.3) is 0 Å². The van der Waals surface area contributed by atoms with Crippen molar-refractivity contribution in [2.75, 3.05) is 18.0 Å². The molecule has 0 radical (unpaired) electrons.